The first kappa shape index (κ1) is 15.4. The van der Waals surface area contributed by atoms with Gasteiger partial charge in [-0.25, -0.2) is 4.98 Å². The standard InChI is InChI=1S/C13H18BrClN2O/c1-3-11(4-2)17(8-7-14)13(18)12-6-5-10(15)9-16-12/h5-6,9,11H,3-4,7-8H2,1-2H3. The lowest BCUT2D eigenvalue weighted by Crippen LogP contribution is -2.41. The van der Waals surface area contributed by atoms with Gasteiger partial charge in [-0.3, -0.25) is 4.79 Å². The minimum atomic E-state index is -0.0279. The molecule has 0 aromatic carbocycles. The molecule has 1 aromatic rings. The zero-order chi connectivity index (χ0) is 13.5. The fourth-order valence-electron chi connectivity index (χ4n) is 1.92. The molecule has 100 valence electrons. The summed E-state index contributed by atoms with van der Waals surface area (Å²) in [5.74, 6) is -0.0279. The molecule has 0 unspecified atom stereocenters. The number of nitrogens with zero attached hydrogens (tertiary/aromatic N) is 2. The molecule has 0 atom stereocenters. The maximum atomic E-state index is 12.4. The van der Waals surface area contributed by atoms with Gasteiger partial charge in [0.05, 0.1) is 5.02 Å². The molecular weight excluding hydrogens is 316 g/mol. The van der Waals surface area contributed by atoms with Crippen LogP contribution in [0.25, 0.3) is 0 Å². The molecule has 1 heterocycles. The summed E-state index contributed by atoms with van der Waals surface area (Å²) in [6.07, 6.45) is 3.40. The number of carbonyl (C=O) groups excluding carboxylic acids is 1. The van der Waals surface area contributed by atoms with Gasteiger partial charge in [0.25, 0.3) is 5.91 Å². The first-order chi connectivity index (χ1) is 8.63. The maximum Gasteiger partial charge on any atom is 0.272 e. The molecule has 18 heavy (non-hydrogen) atoms. The lowest BCUT2D eigenvalue weighted by Gasteiger charge is -2.29. The van der Waals surface area contributed by atoms with Crippen LogP contribution in [0.3, 0.4) is 0 Å². The molecule has 1 aromatic heterocycles. The Morgan fingerprint density at radius 2 is 2.11 bits per heavy atom. The minimum absolute atomic E-state index is 0.0279. The molecule has 0 aliphatic heterocycles. The number of aromatic nitrogens is 1. The van der Waals surface area contributed by atoms with Crippen LogP contribution in [0.4, 0.5) is 0 Å². The van der Waals surface area contributed by atoms with Crippen molar-refractivity contribution in [3.05, 3.63) is 29.0 Å². The number of amides is 1. The highest BCUT2D eigenvalue weighted by molar-refractivity contribution is 9.09. The van der Waals surface area contributed by atoms with Crippen molar-refractivity contribution < 1.29 is 4.79 Å². The van der Waals surface area contributed by atoms with Gasteiger partial charge in [0.1, 0.15) is 5.69 Å². The summed E-state index contributed by atoms with van der Waals surface area (Å²) in [5, 5.41) is 1.31. The van der Waals surface area contributed by atoms with Crippen molar-refractivity contribution >= 4 is 33.4 Å². The van der Waals surface area contributed by atoms with E-state index in [-0.39, 0.29) is 11.9 Å². The molecule has 0 spiro atoms. The van der Waals surface area contributed by atoms with Gasteiger partial charge < -0.3 is 4.90 Å². The van der Waals surface area contributed by atoms with Crippen LogP contribution in [-0.2, 0) is 0 Å². The number of hydrogen-bond acceptors (Lipinski definition) is 2. The molecule has 0 bridgehead atoms. The van der Waals surface area contributed by atoms with E-state index in [1.165, 1.54) is 6.20 Å². The Labute approximate surface area is 122 Å². The molecule has 1 rings (SSSR count). The second-order valence-corrected chi connectivity index (χ2v) is 5.25. The van der Waals surface area contributed by atoms with E-state index in [4.69, 9.17) is 11.6 Å². The predicted octanol–water partition coefficient (Wildman–Crippen LogP) is 3.76. The number of alkyl halides is 1. The summed E-state index contributed by atoms with van der Waals surface area (Å²) in [7, 11) is 0. The van der Waals surface area contributed by atoms with Crippen molar-refractivity contribution in [1.29, 1.82) is 0 Å². The van der Waals surface area contributed by atoms with Crippen molar-refractivity contribution in [2.45, 2.75) is 32.7 Å². The summed E-state index contributed by atoms with van der Waals surface area (Å²) in [6.45, 7) is 4.88. The highest BCUT2D eigenvalue weighted by Gasteiger charge is 2.22. The molecule has 0 radical (unpaired) electrons. The number of rotatable bonds is 6. The van der Waals surface area contributed by atoms with Crippen LogP contribution in [0.5, 0.6) is 0 Å². The Morgan fingerprint density at radius 3 is 2.56 bits per heavy atom. The normalized spacial score (nSPS) is 10.7. The molecule has 0 N–H and O–H groups in total. The Hall–Kier alpha value is -0.610. The van der Waals surface area contributed by atoms with Crippen LogP contribution in [0, 0.1) is 0 Å². The van der Waals surface area contributed by atoms with Crippen LogP contribution >= 0.6 is 27.5 Å². The van der Waals surface area contributed by atoms with Gasteiger partial charge in [-0.2, -0.15) is 0 Å². The van der Waals surface area contributed by atoms with Crippen LogP contribution in [0.2, 0.25) is 5.02 Å². The van der Waals surface area contributed by atoms with E-state index in [1.54, 1.807) is 12.1 Å². The van der Waals surface area contributed by atoms with Gasteiger partial charge in [0.2, 0.25) is 0 Å². The third-order valence-electron chi connectivity index (χ3n) is 2.92. The van der Waals surface area contributed by atoms with Crippen molar-refractivity contribution in [2.24, 2.45) is 0 Å². The van der Waals surface area contributed by atoms with Crippen LogP contribution in [-0.4, -0.2) is 33.7 Å². The number of halogens is 2. The van der Waals surface area contributed by atoms with E-state index in [0.29, 0.717) is 17.3 Å². The van der Waals surface area contributed by atoms with Crippen molar-refractivity contribution in [3.8, 4) is 0 Å². The second-order valence-electron chi connectivity index (χ2n) is 4.02. The number of pyridine rings is 1. The third kappa shape index (κ3) is 3.95. The Kier molecular flexibility index (Phi) is 6.65. The first-order valence-corrected chi connectivity index (χ1v) is 7.62. The zero-order valence-electron chi connectivity index (χ0n) is 10.7. The van der Waals surface area contributed by atoms with Gasteiger partial charge in [0.15, 0.2) is 0 Å². The van der Waals surface area contributed by atoms with E-state index < -0.39 is 0 Å². The van der Waals surface area contributed by atoms with Gasteiger partial charge in [-0.15, -0.1) is 0 Å². The number of carbonyl (C=O) groups is 1. The summed E-state index contributed by atoms with van der Waals surface area (Å²) >= 11 is 9.17. The average Bonchev–Trinajstić information content (AvgIpc) is 2.39. The lowest BCUT2D eigenvalue weighted by molar-refractivity contribution is 0.0677. The van der Waals surface area contributed by atoms with Gasteiger partial charge in [-0.05, 0) is 25.0 Å². The number of hydrogen-bond donors (Lipinski definition) is 0. The Balaban J connectivity index is 2.91. The maximum absolute atomic E-state index is 12.4. The highest BCUT2D eigenvalue weighted by Crippen LogP contribution is 2.14. The third-order valence-corrected chi connectivity index (χ3v) is 3.49. The highest BCUT2D eigenvalue weighted by atomic mass is 79.9. The largest absolute Gasteiger partial charge is 0.334 e. The lowest BCUT2D eigenvalue weighted by atomic mass is 10.1. The van der Waals surface area contributed by atoms with E-state index in [9.17, 15) is 4.79 Å². The molecule has 0 aliphatic carbocycles. The minimum Gasteiger partial charge on any atom is -0.334 e. The SMILES string of the molecule is CCC(CC)N(CCBr)C(=O)c1ccc(Cl)cn1. The van der Waals surface area contributed by atoms with Gasteiger partial charge >= 0.3 is 0 Å². The molecule has 0 saturated heterocycles. The topological polar surface area (TPSA) is 33.2 Å². The van der Waals surface area contributed by atoms with Crippen molar-refractivity contribution in [1.82, 2.24) is 9.88 Å². The molecule has 0 fully saturated rings. The zero-order valence-corrected chi connectivity index (χ0v) is 13.0. The quantitative estimate of drug-likeness (QED) is 0.743. The molecule has 1 amide bonds. The van der Waals surface area contributed by atoms with Crippen LogP contribution < -0.4 is 0 Å². The van der Waals surface area contributed by atoms with Gasteiger partial charge in [0, 0.05) is 24.1 Å². The summed E-state index contributed by atoms with van der Waals surface area (Å²) in [4.78, 5) is 18.4. The van der Waals surface area contributed by atoms with Crippen molar-refractivity contribution in [3.63, 3.8) is 0 Å². The van der Waals surface area contributed by atoms with Gasteiger partial charge in [-0.1, -0.05) is 41.4 Å². The Bertz CT molecular complexity index is 379. The van der Waals surface area contributed by atoms with E-state index in [1.807, 2.05) is 4.90 Å². The summed E-state index contributed by atoms with van der Waals surface area (Å²) in [6, 6.07) is 3.63. The second kappa shape index (κ2) is 7.74. The summed E-state index contributed by atoms with van der Waals surface area (Å²) in [5.41, 5.74) is 0.451. The van der Waals surface area contributed by atoms with Crippen LogP contribution in [0.1, 0.15) is 37.2 Å². The predicted molar refractivity (Wildman–Crippen MR) is 78.4 cm³/mol. The van der Waals surface area contributed by atoms with E-state index >= 15 is 0 Å². The average molecular weight is 334 g/mol. The fraction of sp³-hybridized carbons (Fsp3) is 0.538. The van der Waals surface area contributed by atoms with E-state index in [2.05, 4.69) is 34.8 Å². The monoisotopic (exact) mass is 332 g/mol. The smallest absolute Gasteiger partial charge is 0.272 e. The molecule has 0 aliphatic rings. The fourth-order valence-corrected chi connectivity index (χ4v) is 2.41. The van der Waals surface area contributed by atoms with E-state index in [0.717, 1.165) is 18.2 Å². The van der Waals surface area contributed by atoms with Crippen molar-refractivity contribution in [2.75, 3.05) is 11.9 Å². The molecular formula is C13H18BrClN2O. The van der Waals surface area contributed by atoms with Crippen LogP contribution in [0.15, 0.2) is 18.3 Å². The molecule has 5 heteroatoms. The molecule has 0 saturated carbocycles. The Morgan fingerprint density at radius 1 is 1.44 bits per heavy atom. The summed E-state index contributed by atoms with van der Waals surface area (Å²) < 4.78 is 0. The first-order valence-electron chi connectivity index (χ1n) is 6.12. The molecule has 3 nitrogen and oxygen atoms in total.